The molecule has 1 aliphatic rings. The number of halogens is 4. The summed E-state index contributed by atoms with van der Waals surface area (Å²) in [4.78, 5) is 11.5. The molecule has 1 aliphatic heterocycles. The molecule has 94 valence electrons. The van der Waals surface area contributed by atoms with Crippen LogP contribution in [-0.4, -0.2) is 26.9 Å². The third-order valence-electron chi connectivity index (χ3n) is 2.10. The molecule has 1 atom stereocenters. The fourth-order valence-electron chi connectivity index (χ4n) is 1.54. The van der Waals surface area contributed by atoms with E-state index in [1.807, 2.05) is 18.2 Å². The van der Waals surface area contributed by atoms with Crippen molar-refractivity contribution in [1.29, 1.82) is 0 Å². The summed E-state index contributed by atoms with van der Waals surface area (Å²) in [6.45, 7) is 0. The van der Waals surface area contributed by atoms with Crippen LogP contribution in [0.1, 0.15) is 15.9 Å². The number of ketones is 1. The summed E-state index contributed by atoms with van der Waals surface area (Å²) in [5.74, 6) is 2.62. The summed E-state index contributed by atoms with van der Waals surface area (Å²) in [5.41, 5.74) is 2.25. The van der Waals surface area contributed by atoms with Crippen molar-refractivity contribution in [3.63, 3.8) is 0 Å². The van der Waals surface area contributed by atoms with Gasteiger partial charge in [-0.05, 0) is 0 Å². The Hall–Kier alpha value is -0.806. The SMILES string of the molecule is C[Se+]1CC(=O)c2ccccc2C1.F[B-](F)(F)F. The number of Topliss-reactive ketones (excluding diaryl/α,β-unsaturated/α-hetero) is 1. The Morgan fingerprint density at radius 1 is 1.12 bits per heavy atom. The normalized spacial score (nSPS) is 19.1. The molecule has 0 radical (unpaired) electrons. The monoisotopic (exact) mass is 314 g/mol. The van der Waals surface area contributed by atoms with Crippen LogP contribution in [0.15, 0.2) is 24.3 Å². The van der Waals surface area contributed by atoms with Gasteiger partial charge in [0.1, 0.15) is 0 Å². The molecule has 0 fully saturated rings. The number of carbonyl (C=O) groups is 1. The molecule has 0 saturated carbocycles. The quantitative estimate of drug-likeness (QED) is 0.530. The van der Waals surface area contributed by atoms with Crippen molar-refractivity contribution in [3.8, 4) is 0 Å². The Labute approximate surface area is 101 Å². The van der Waals surface area contributed by atoms with Gasteiger partial charge in [0.15, 0.2) is 0 Å². The van der Waals surface area contributed by atoms with Crippen molar-refractivity contribution in [2.45, 2.75) is 16.5 Å². The fraction of sp³-hybridized carbons (Fsp3) is 0.300. The topological polar surface area (TPSA) is 17.1 Å². The third kappa shape index (κ3) is 5.37. The van der Waals surface area contributed by atoms with Crippen molar-refractivity contribution in [2.24, 2.45) is 0 Å². The Balaban J connectivity index is 0.000000249. The van der Waals surface area contributed by atoms with Crippen LogP contribution < -0.4 is 0 Å². The average molecular weight is 313 g/mol. The summed E-state index contributed by atoms with van der Waals surface area (Å²) in [6, 6.07) is 8.02. The first kappa shape index (κ1) is 14.3. The molecule has 0 amide bonds. The predicted molar refractivity (Wildman–Crippen MR) is 61.1 cm³/mol. The van der Waals surface area contributed by atoms with Crippen LogP contribution in [-0.2, 0) is 5.32 Å². The summed E-state index contributed by atoms with van der Waals surface area (Å²) < 4.78 is 39.0. The molecule has 2 rings (SSSR count). The Morgan fingerprint density at radius 3 is 2.24 bits per heavy atom. The molecule has 0 saturated heterocycles. The first-order valence-electron chi connectivity index (χ1n) is 4.85. The van der Waals surface area contributed by atoms with Crippen molar-refractivity contribution in [3.05, 3.63) is 35.4 Å². The molecule has 0 aromatic heterocycles. The van der Waals surface area contributed by atoms with Crippen molar-refractivity contribution < 1.29 is 22.1 Å². The second-order valence-corrected chi connectivity index (χ2v) is 8.14. The maximum Gasteiger partial charge on any atom is 0.673 e. The van der Waals surface area contributed by atoms with Crippen LogP contribution in [0.25, 0.3) is 0 Å². The van der Waals surface area contributed by atoms with Crippen LogP contribution in [0.2, 0.25) is 11.1 Å². The number of hydrogen-bond acceptors (Lipinski definition) is 1. The zero-order chi connectivity index (χ0) is 13.1. The molecule has 0 spiro atoms. The van der Waals surface area contributed by atoms with Crippen molar-refractivity contribution >= 4 is 26.9 Å². The standard InChI is InChI=1S/C10H11OSe.BF4/c1-12-6-8-4-2-3-5-9(8)10(11)7-12;2-1(3,4)5/h2-5H,6-7H2,1H3;/q+1;-1. The van der Waals surface area contributed by atoms with E-state index in [2.05, 4.69) is 11.9 Å². The van der Waals surface area contributed by atoms with Gasteiger partial charge in [0.25, 0.3) is 0 Å². The van der Waals surface area contributed by atoms with E-state index in [9.17, 15) is 22.1 Å². The van der Waals surface area contributed by atoms with Crippen LogP contribution in [0.5, 0.6) is 0 Å². The van der Waals surface area contributed by atoms with Crippen LogP contribution >= 0.6 is 0 Å². The minimum Gasteiger partial charge on any atom is -0.418 e. The summed E-state index contributed by atoms with van der Waals surface area (Å²) in [6.07, 6.45) is 0. The molecule has 1 nitrogen and oxygen atoms in total. The molecule has 0 aliphatic carbocycles. The van der Waals surface area contributed by atoms with E-state index < -0.39 is 21.2 Å². The molecule has 1 aromatic carbocycles. The van der Waals surface area contributed by atoms with Crippen LogP contribution in [0.4, 0.5) is 17.3 Å². The third-order valence-corrected chi connectivity index (χ3v) is 5.37. The van der Waals surface area contributed by atoms with Gasteiger partial charge in [-0.1, -0.05) is 0 Å². The van der Waals surface area contributed by atoms with E-state index in [-0.39, 0.29) is 0 Å². The first-order chi connectivity index (χ1) is 7.77. The van der Waals surface area contributed by atoms with Gasteiger partial charge in [-0.25, -0.2) is 0 Å². The predicted octanol–water partition coefficient (Wildman–Crippen LogP) is 3.39. The molecule has 7 heteroatoms. The summed E-state index contributed by atoms with van der Waals surface area (Å²) >= 11 is -0.613. The summed E-state index contributed by atoms with van der Waals surface area (Å²) in [7, 11) is -6.00. The number of carbonyl (C=O) groups excluding carboxylic acids is 1. The average Bonchev–Trinajstić information content (AvgIpc) is 2.14. The maximum atomic E-state index is 11.5. The van der Waals surface area contributed by atoms with Crippen molar-refractivity contribution in [2.75, 3.05) is 0 Å². The Bertz CT molecular complexity index is 402. The van der Waals surface area contributed by atoms with E-state index in [4.69, 9.17) is 0 Å². The zero-order valence-electron chi connectivity index (χ0n) is 9.13. The van der Waals surface area contributed by atoms with E-state index >= 15 is 0 Å². The molecule has 0 N–H and O–H groups in total. The minimum absolute atomic E-state index is 0.365. The van der Waals surface area contributed by atoms with Gasteiger partial charge in [0.05, 0.1) is 0 Å². The minimum atomic E-state index is -6.00. The molecule has 1 unspecified atom stereocenters. The van der Waals surface area contributed by atoms with E-state index in [0.29, 0.717) is 5.78 Å². The second-order valence-electron chi connectivity index (χ2n) is 3.65. The van der Waals surface area contributed by atoms with Crippen LogP contribution in [0, 0.1) is 0 Å². The number of hydrogen-bond donors (Lipinski definition) is 0. The Kier molecular flexibility index (Phi) is 4.77. The second kappa shape index (κ2) is 5.69. The molecule has 1 heterocycles. The van der Waals surface area contributed by atoms with Gasteiger partial charge in [0, 0.05) is 0 Å². The first-order valence-corrected chi connectivity index (χ1v) is 8.98. The molecule has 1 aromatic rings. The smallest absolute Gasteiger partial charge is 0.418 e. The van der Waals surface area contributed by atoms with E-state index in [0.717, 1.165) is 10.9 Å². The maximum absolute atomic E-state index is 11.5. The fourth-order valence-corrected chi connectivity index (χ4v) is 4.66. The molecular weight excluding hydrogens is 302 g/mol. The largest absolute Gasteiger partial charge is 0.673 e. The van der Waals surface area contributed by atoms with Gasteiger partial charge in [-0.15, -0.1) is 0 Å². The van der Waals surface area contributed by atoms with Gasteiger partial charge >= 0.3 is 83.6 Å². The molecule has 17 heavy (non-hydrogen) atoms. The van der Waals surface area contributed by atoms with E-state index in [1.165, 1.54) is 10.9 Å². The van der Waals surface area contributed by atoms with Crippen LogP contribution in [0.3, 0.4) is 0 Å². The van der Waals surface area contributed by atoms with Gasteiger partial charge in [0.2, 0.25) is 0 Å². The zero-order valence-corrected chi connectivity index (χ0v) is 10.8. The molecule has 0 bridgehead atoms. The number of rotatable bonds is 0. The summed E-state index contributed by atoms with van der Waals surface area (Å²) in [5, 5.41) is 2.03. The number of benzene rings is 1. The van der Waals surface area contributed by atoms with Gasteiger partial charge in [-0.2, -0.15) is 0 Å². The van der Waals surface area contributed by atoms with Gasteiger partial charge < -0.3 is 17.3 Å². The van der Waals surface area contributed by atoms with E-state index in [1.54, 1.807) is 0 Å². The Morgan fingerprint density at radius 2 is 1.65 bits per heavy atom. The van der Waals surface area contributed by atoms with Crippen molar-refractivity contribution in [1.82, 2.24) is 0 Å². The van der Waals surface area contributed by atoms with Gasteiger partial charge in [-0.3, -0.25) is 0 Å². The number of fused-ring (bicyclic) bond motifs is 1. The molecular formula is C10H11BF4OSe.